The predicted octanol–water partition coefficient (Wildman–Crippen LogP) is 8.91. The number of nitrogens with zero attached hydrogens (tertiary/aromatic N) is 1. The summed E-state index contributed by atoms with van der Waals surface area (Å²) in [6, 6.07) is -0.737. The average molecular weight is 716 g/mol. The number of quaternary nitrogens is 1. The summed E-state index contributed by atoms with van der Waals surface area (Å²) in [6.07, 6.45) is 39.7. The Morgan fingerprint density at radius 2 is 1.08 bits per heavy atom. The summed E-state index contributed by atoms with van der Waals surface area (Å²) in [4.78, 5) is 36.6. The van der Waals surface area contributed by atoms with E-state index >= 15 is 0 Å². The van der Waals surface area contributed by atoms with E-state index < -0.39 is 18.1 Å². The molecule has 8 heteroatoms. The van der Waals surface area contributed by atoms with E-state index in [2.05, 4.69) is 74.6 Å². The van der Waals surface area contributed by atoms with Gasteiger partial charge in [-0.3, -0.25) is 9.59 Å². The molecule has 0 aliphatic rings. The molecule has 2 unspecified atom stereocenters. The molecule has 0 aliphatic carbocycles. The molecule has 292 valence electrons. The van der Waals surface area contributed by atoms with Gasteiger partial charge in [-0.15, -0.1) is 0 Å². The van der Waals surface area contributed by atoms with Gasteiger partial charge in [-0.2, -0.15) is 0 Å². The van der Waals surface area contributed by atoms with Crippen molar-refractivity contribution in [3.05, 3.63) is 60.8 Å². The predicted molar refractivity (Wildman–Crippen MR) is 208 cm³/mol. The van der Waals surface area contributed by atoms with E-state index in [1.54, 1.807) is 21.1 Å². The van der Waals surface area contributed by atoms with Gasteiger partial charge in [0.15, 0.2) is 6.10 Å². The molecule has 0 aromatic heterocycles. The van der Waals surface area contributed by atoms with Crippen LogP contribution in [0.3, 0.4) is 0 Å². The first-order chi connectivity index (χ1) is 24.6. The van der Waals surface area contributed by atoms with E-state index in [4.69, 9.17) is 14.2 Å². The molecule has 2 atom stereocenters. The van der Waals surface area contributed by atoms with E-state index in [9.17, 15) is 19.5 Å². The number of esters is 2. The molecule has 0 aromatic rings. The second-order valence-corrected chi connectivity index (χ2v) is 14.2. The molecule has 8 nitrogen and oxygen atoms in total. The van der Waals surface area contributed by atoms with Crippen LogP contribution < -0.4 is 5.11 Å². The third-order valence-electron chi connectivity index (χ3n) is 8.38. The van der Waals surface area contributed by atoms with Gasteiger partial charge in [0.2, 0.25) is 0 Å². The first-order valence-corrected chi connectivity index (χ1v) is 19.8. The third-order valence-corrected chi connectivity index (χ3v) is 8.38. The smallest absolute Gasteiger partial charge is 0.306 e. The number of allylic oxidation sites excluding steroid dienone is 10. The Labute approximate surface area is 311 Å². The monoisotopic (exact) mass is 716 g/mol. The number of hydrogen-bond donors (Lipinski definition) is 0. The van der Waals surface area contributed by atoms with Gasteiger partial charge in [0.25, 0.3) is 0 Å². The highest BCUT2D eigenvalue weighted by Gasteiger charge is 2.25. The maximum atomic E-state index is 12.6. The van der Waals surface area contributed by atoms with E-state index in [0.717, 1.165) is 64.2 Å². The van der Waals surface area contributed by atoms with Gasteiger partial charge in [-0.05, 0) is 70.6 Å². The summed E-state index contributed by atoms with van der Waals surface area (Å²) in [6.45, 7) is 4.49. The largest absolute Gasteiger partial charge is 0.544 e. The molecule has 0 bridgehead atoms. The zero-order valence-electron chi connectivity index (χ0n) is 33.0. The summed E-state index contributed by atoms with van der Waals surface area (Å²) in [7, 11) is 5.37. The molecule has 0 saturated heterocycles. The lowest BCUT2D eigenvalue weighted by molar-refractivity contribution is -0.889. The Balaban J connectivity index is 4.53. The Morgan fingerprint density at radius 3 is 1.65 bits per heavy atom. The second kappa shape index (κ2) is 34.1. The van der Waals surface area contributed by atoms with Crippen LogP contribution in [0, 0.1) is 0 Å². The molecule has 0 aromatic carbocycles. The van der Waals surface area contributed by atoms with Gasteiger partial charge < -0.3 is 28.6 Å². The lowest BCUT2D eigenvalue weighted by atomic mass is 10.1. The lowest BCUT2D eigenvalue weighted by Gasteiger charge is -2.34. The maximum absolute atomic E-state index is 12.6. The SMILES string of the molecule is CCCC/C=C/CCCCCCC(=O)OCC(COCCC(C(=O)[O-])[N+](C)(C)C)OC(=O)CCC/C=C/C/C=C/C/C=C/C/C=C/CCCCC. The number of unbranched alkanes of at least 4 members (excludes halogenated alkanes) is 10. The van der Waals surface area contributed by atoms with Crippen molar-refractivity contribution < 1.29 is 38.2 Å². The van der Waals surface area contributed by atoms with Crippen LogP contribution >= 0.6 is 0 Å². The topological polar surface area (TPSA) is 102 Å². The van der Waals surface area contributed by atoms with E-state index in [-0.39, 0.29) is 49.1 Å². The van der Waals surface area contributed by atoms with Gasteiger partial charge in [-0.25, -0.2) is 0 Å². The van der Waals surface area contributed by atoms with E-state index in [1.807, 2.05) is 0 Å². The Kier molecular flexibility index (Phi) is 32.1. The number of carboxylic acids is 1. The molecule has 0 radical (unpaired) electrons. The molecule has 0 rings (SSSR count). The first-order valence-electron chi connectivity index (χ1n) is 19.8. The number of ether oxygens (including phenoxy) is 3. The van der Waals surface area contributed by atoms with Crippen molar-refractivity contribution in [1.29, 1.82) is 0 Å². The van der Waals surface area contributed by atoms with Crippen LogP contribution in [0.4, 0.5) is 0 Å². The lowest BCUT2D eigenvalue weighted by Crippen LogP contribution is -2.55. The number of aliphatic carboxylic acids is 1. The second-order valence-electron chi connectivity index (χ2n) is 14.2. The number of hydrogen-bond acceptors (Lipinski definition) is 7. The summed E-state index contributed by atoms with van der Waals surface area (Å²) in [5.74, 6) is -1.84. The Bertz CT molecular complexity index is 1020. The first kappa shape index (κ1) is 48.0. The molecule has 0 aliphatic heterocycles. The quantitative estimate of drug-likeness (QED) is 0.0284. The fraction of sp³-hybridized carbons (Fsp3) is 0.698. The summed E-state index contributed by atoms with van der Waals surface area (Å²) >= 11 is 0. The summed E-state index contributed by atoms with van der Waals surface area (Å²) in [5.41, 5.74) is 0. The Morgan fingerprint density at radius 1 is 0.588 bits per heavy atom. The van der Waals surface area contributed by atoms with Crippen LogP contribution in [0.5, 0.6) is 0 Å². The van der Waals surface area contributed by atoms with Crippen LogP contribution in [-0.4, -0.2) is 75.5 Å². The van der Waals surface area contributed by atoms with Crippen molar-refractivity contribution in [2.45, 2.75) is 154 Å². The highest BCUT2D eigenvalue weighted by Crippen LogP contribution is 2.11. The molecular weight excluding hydrogens is 642 g/mol. The van der Waals surface area contributed by atoms with Gasteiger partial charge >= 0.3 is 11.9 Å². The van der Waals surface area contributed by atoms with Crippen molar-refractivity contribution in [3.63, 3.8) is 0 Å². The van der Waals surface area contributed by atoms with Crippen LogP contribution in [0.1, 0.15) is 142 Å². The van der Waals surface area contributed by atoms with Crippen LogP contribution in [-0.2, 0) is 28.6 Å². The number of carbonyl (C=O) groups excluding carboxylic acids is 3. The molecule has 0 saturated carbocycles. The van der Waals surface area contributed by atoms with Crippen molar-refractivity contribution in [2.75, 3.05) is 41.0 Å². The number of likely N-dealkylation sites (N-methyl/N-ethyl adjacent to an activating group) is 1. The number of carbonyl (C=O) groups is 3. The summed E-state index contributed by atoms with van der Waals surface area (Å²) < 4.78 is 17.0. The van der Waals surface area contributed by atoms with Gasteiger partial charge in [0, 0.05) is 19.3 Å². The normalized spacial score (nSPS) is 13.7. The molecule has 0 fully saturated rings. The van der Waals surface area contributed by atoms with E-state index in [0.29, 0.717) is 12.8 Å². The molecule has 0 heterocycles. The highest BCUT2D eigenvalue weighted by atomic mass is 16.6. The minimum Gasteiger partial charge on any atom is -0.544 e. The van der Waals surface area contributed by atoms with Gasteiger partial charge in [0.05, 0.1) is 40.3 Å². The Hall–Kier alpha value is -2.97. The average Bonchev–Trinajstić information content (AvgIpc) is 3.08. The molecular formula is C43H73NO7. The van der Waals surface area contributed by atoms with Crippen molar-refractivity contribution in [3.8, 4) is 0 Å². The minimum atomic E-state index is -1.14. The highest BCUT2D eigenvalue weighted by molar-refractivity contribution is 5.70. The molecule has 0 N–H and O–H groups in total. The molecule has 51 heavy (non-hydrogen) atoms. The molecule has 0 amide bonds. The number of rotatable bonds is 34. The van der Waals surface area contributed by atoms with Crippen LogP contribution in [0.25, 0.3) is 0 Å². The van der Waals surface area contributed by atoms with Crippen molar-refractivity contribution in [2.24, 2.45) is 0 Å². The van der Waals surface area contributed by atoms with E-state index in [1.165, 1.54) is 38.5 Å². The zero-order chi connectivity index (χ0) is 37.8. The maximum Gasteiger partial charge on any atom is 0.306 e. The third kappa shape index (κ3) is 32.7. The van der Waals surface area contributed by atoms with Gasteiger partial charge in [0.1, 0.15) is 12.6 Å². The standard InChI is InChI=1S/C43H73NO7/c1-6-8-10-12-14-16-18-19-20-21-22-23-24-26-28-30-32-34-42(46)51-39(37-49-36-35-40(43(47)48)44(3,4)5)38-50-41(45)33-31-29-27-25-17-15-13-11-9-7-2/h13-16,19-20,22-23,26,28,39-40H,6-12,17-18,21,24-25,27,29-38H2,1-5H3/b15-13+,16-14+,20-19+,23-22+,28-26+. The fourth-order valence-corrected chi connectivity index (χ4v) is 5.22. The van der Waals surface area contributed by atoms with Crippen LogP contribution in [0.2, 0.25) is 0 Å². The number of carboxylic acid groups (broad SMARTS) is 1. The van der Waals surface area contributed by atoms with Crippen LogP contribution in [0.15, 0.2) is 60.8 Å². The van der Waals surface area contributed by atoms with Crippen molar-refractivity contribution in [1.82, 2.24) is 0 Å². The minimum absolute atomic E-state index is 0.0128. The molecule has 0 spiro atoms. The van der Waals surface area contributed by atoms with Crippen molar-refractivity contribution >= 4 is 17.9 Å². The van der Waals surface area contributed by atoms with Gasteiger partial charge in [-0.1, -0.05) is 113 Å². The summed E-state index contributed by atoms with van der Waals surface area (Å²) in [5, 5.41) is 11.6. The zero-order valence-corrected chi connectivity index (χ0v) is 33.0. The fourth-order valence-electron chi connectivity index (χ4n) is 5.22.